The number of amides is 2. The monoisotopic (exact) mass is 332 g/mol. The summed E-state index contributed by atoms with van der Waals surface area (Å²) in [6.45, 7) is 7.21. The lowest BCUT2D eigenvalue weighted by atomic mass is 9.96. The minimum atomic E-state index is -0.770. The number of carbonyl (C=O) groups is 2. The third-order valence-electron chi connectivity index (χ3n) is 4.72. The number of hydrogen-bond donors (Lipinski definition) is 1. The van der Waals surface area contributed by atoms with Crippen LogP contribution >= 0.6 is 0 Å². The van der Waals surface area contributed by atoms with Gasteiger partial charge in [-0.15, -0.1) is 0 Å². The second kappa shape index (κ2) is 7.69. The van der Waals surface area contributed by atoms with Crippen molar-refractivity contribution in [2.45, 2.75) is 52.1 Å². The number of rotatable bonds is 7. The van der Waals surface area contributed by atoms with Gasteiger partial charge in [0.2, 0.25) is 11.8 Å². The predicted octanol–water partition coefficient (Wildman–Crippen LogP) is 2.74. The van der Waals surface area contributed by atoms with E-state index in [0.29, 0.717) is 31.8 Å². The van der Waals surface area contributed by atoms with Crippen LogP contribution in [0.15, 0.2) is 24.3 Å². The van der Waals surface area contributed by atoms with E-state index in [9.17, 15) is 9.59 Å². The molecule has 1 aromatic carbocycles. The molecule has 1 saturated heterocycles. The smallest absolute Gasteiger partial charge is 0.245 e. The number of hydrogen-bond acceptors (Lipinski definition) is 3. The molecular weight excluding hydrogens is 304 g/mol. The minimum absolute atomic E-state index is 0.0346. The molecule has 1 unspecified atom stereocenters. The molecular formula is C19H28N2O3. The molecule has 132 valence electrons. The van der Waals surface area contributed by atoms with Gasteiger partial charge in [0.05, 0.1) is 7.11 Å². The Hall–Kier alpha value is -2.04. The van der Waals surface area contributed by atoms with Crippen LogP contribution in [0.3, 0.4) is 0 Å². The molecule has 1 aromatic rings. The highest BCUT2D eigenvalue weighted by molar-refractivity contribution is 5.94. The van der Waals surface area contributed by atoms with Crippen LogP contribution in [0.5, 0.6) is 5.75 Å². The van der Waals surface area contributed by atoms with E-state index in [1.54, 1.807) is 12.0 Å². The van der Waals surface area contributed by atoms with Gasteiger partial charge in [-0.05, 0) is 43.4 Å². The summed E-state index contributed by atoms with van der Waals surface area (Å²) in [5.74, 6) is 1.30. The molecule has 0 saturated carbocycles. The molecule has 0 bridgehead atoms. The predicted molar refractivity (Wildman–Crippen MR) is 93.6 cm³/mol. The van der Waals surface area contributed by atoms with Gasteiger partial charge in [-0.2, -0.15) is 0 Å². The van der Waals surface area contributed by atoms with Crippen LogP contribution in [0, 0.1) is 5.92 Å². The first-order valence-corrected chi connectivity index (χ1v) is 8.58. The van der Waals surface area contributed by atoms with Crippen LogP contribution in [0.2, 0.25) is 0 Å². The van der Waals surface area contributed by atoms with Gasteiger partial charge in [-0.25, -0.2) is 0 Å². The molecule has 0 aromatic heterocycles. The lowest BCUT2D eigenvalue weighted by Gasteiger charge is -2.34. The van der Waals surface area contributed by atoms with Gasteiger partial charge in [0.15, 0.2) is 0 Å². The maximum atomic E-state index is 12.7. The SMILES string of the molecule is COc1ccc(CN2C(=O)CCC2(C)C(=O)NCCC(C)C)cc1. The van der Waals surface area contributed by atoms with Crippen molar-refractivity contribution < 1.29 is 14.3 Å². The summed E-state index contributed by atoms with van der Waals surface area (Å²) < 4.78 is 5.16. The van der Waals surface area contributed by atoms with E-state index in [1.165, 1.54) is 0 Å². The molecule has 2 rings (SSSR count). The third kappa shape index (κ3) is 4.08. The number of likely N-dealkylation sites (tertiary alicyclic amines) is 1. The zero-order valence-electron chi connectivity index (χ0n) is 15.1. The summed E-state index contributed by atoms with van der Waals surface area (Å²) >= 11 is 0. The maximum Gasteiger partial charge on any atom is 0.245 e. The number of nitrogens with one attached hydrogen (secondary N) is 1. The fourth-order valence-electron chi connectivity index (χ4n) is 2.97. The number of carbonyl (C=O) groups excluding carboxylic acids is 2. The van der Waals surface area contributed by atoms with Crippen LogP contribution in [-0.4, -0.2) is 35.9 Å². The molecule has 0 spiro atoms. The lowest BCUT2D eigenvalue weighted by molar-refractivity contribution is -0.141. The third-order valence-corrected chi connectivity index (χ3v) is 4.72. The number of benzene rings is 1. The van der Waals surface area contributed by atoms with Gasteiger partial charge >= 0.3 is 0 Å². The Kier molecular flexibility index (Phi) is 5.86. The fourth-order valence-corrected chi connectivity index (χ4v) is 2.97. The van der Waals surface area contributed by atoms with Crippen molar-refractivity contribution in [1.29, 1.82) is 0 Å². The Balaban J connectivity index is 2.07. The number of methoxy groups -OCH3 is 1. The zero-order chi connectivity index (χ0) is 17.7. The molecule has 5 nitrogen and oxygen atoms in total. The van der Waals surface area contributed by atoms with Crippen molar-refractivity contribution in [3.8, 4) is 5.75 Å². The van der Waals surface area contributed by atoms with Gasteiger partial charge in [-0.1, -0.05) is 26.0 Å². The molecule has 1 fully saturated rings. The van der Waals surface area contributed by atoms with Crippen LogP contribution in [0.4, 0.5) is 0 Å². The van der Waals surface area contributed by atoms with Crippen molar-refractivity contribution >= 4 is 11.8 Å². The molecule has 1 aliphatic heterocycles. The molecule has 1 aliphatic rings. The quantitative estimate of drug-likeness (QED) is 0.835. The highest BCUT2D eigenvalue weighted by Gasteiger charge is 2.46. The molecule has 5 heteroatoms. The van der Waals surface area contributed by atoms with E-state index in [4.69, 9.17) is 4.74 Å². The Morgan fingerprint density at radius 2 is 2.00 bits per heavy atom. The van der Waals surface area contributed by atoms with E-state index in [1.807, 2.05) is 31.2 Å². The van der Waals surface area contributed by atoms with Gasteiger partial charge in [0.1, 0.15) is 11.3 Å². The average Bonchev–Trinajstić information content (AvgIpc) is 2.85. The summed E-state index contributed by atoms with van der Waals surface area (Å²) in [4.78, 5) is 26.7. The fraction of sp³-hybridized carbons (Fsp3) is 0.579. The van der Waals surface area contributed by atoms with Crippen molar-refractivity contribution in [3.63, 3.8) is 0 Å². The van der Waals surface area contributed by atoms with Crippen molar-refractivity contribution in [2.75, 3.05) is 13.7 Å². The highest BCUT2D eigenvalue weighted by Crippen LogP contribution is 2.32. The van der Waals surface area contributed by atoms with E-state index < -0.39 is 5.54 Å². The molecule has 0 radical (unpaired) electrons. The molecule has 1 heterocycles. The topological polar surface area (TPSA) is 58.6 Å². The standard InChI is InChI=1S/C19H28N2O3/c1-14(2)10-12-20-18(23)19(3)11-9-17(22)21(19)13-15-5-7-16(24-4)8-6-15/h5-8,14H,9-13H2,1-4H3,(H,20,23). The van der Waals surface area contributed by atoms with Crippen LogP contribution in [0.25, 0.3) is 0 Å². The average molecular weight is 332 g/mol. The van der Waals surface area contributed by atoms with E-state index in [2.05, 4.69) is 19.2 Å². The van der Waals surface area contributed by atoms with E-state index >= 15 is 0 Å². The summed E-state index contributed by atoms with van der Waals surface area (Å²) in [6.07, 6.45) is 1.92. The van der Waals surface area contributed by atoms with Crippen LogP contribution < -0.4 is 10.1 Å². The van der Waals surface area contributed by atoms with Gasteiger partial charge in [-0.3, -0.25) is 9.59 Å². The summed E-state index contributed by atoms with van der Waals surface area (Å²) in [7, 11) is 1.62. The van der Waals surface area contributed by atoms with Gasteiger partial charge in [0, 0.05) is 19.5 Å². The zero-order valence-corrected chi connectivity index (χ0v) is 15.1. The number of ether oxygens (including phenoxy) is 1. The highest BCUT2D eigenvalue weighted by atomic mass is 16.5. The Labute approximate surface area is 144 Å². The van der Waals surface area contributed by atoms with Gasteiger partial charge in [0.25, 0.3) is 0 Å². The summed E-state index contributed by atoms with van der Waals surface area (Å²) in [5.41, 5.74) is 0.223. The molecule has 0 aliphatic carbocycles. The first kappa shape index (κ1) is 18.3. The largest absolute Gasteiger partial charge is 0.497 e. The first-order chi connectivity index (χ1) is 11.4. The van der Waals surface area contributed by atoms with Crippen molar-refractivity contribution in [2.24, 2.45) is 5.92 Å². The van der Waals surface area contributed by atoms with E-state index in [-0.39, 0.29) is 11.8 Å². The first-order valence-electron chi connectivity index (χ1n) is 8.58. The Morgan fingerprint density at radius 1 is 1.33 bits per heavy atom. The minimum Gasteiger partial charge on any atom is -0.497 e. The summed E-state index contributed by atoms with van der Waals surface area (Å²) in [5, 5.41) is 3.00. The Morgan fingerprint density at radius 3 is 2.58 bits per heavy atom. The normalized spacial score (nSPS) is 20.5. The summed E-state index contributed by atoms with van der Waals surface area (Å²) in [6, 6.07) is 7.61. The van der Waals surface area contributed by atoms with Gasteiger partial charge < -0.3 is 15.0 Å². The molecule has 1 N–H and O–H groups in total. The lowest BCUT2D eigenvalue weighted by Crippen LogP contribution is -2.54. The van der Waals surface area contributed by atoms with Crippen LogP contribution in [-0.2, 0) is 16.1 Å². The van der Waals surface area contributed by atoms with Crippen molar-refractivity contribution in [1.82, 2.24) is 10.2 Å². The molecule has 1 atom stereocenters. The number of nitrogens with zero attached hydrogens (tertiary/aromatic N) is 1. The second-order valence-corrected chi connectivity index (χ2v) is 7.04. The second-order valence-electron chi connectivity index (χ2n) is 7.04. The molecule has 24 heavy (non-hydrogen) atoms. The maximum absolute atomic E-state index is 12.7. The van der Waals surface area contributed by atoms with Crippen LogP contribution in [0.1, 0.15) is 45.6 Å². The van der Waals surface area contributed by atoms with E-state index in [0.717, 1.165) is 17.7 Å². The molecule has 2 amide bonds. The van der Waals surface area contributed by atoms with Crippen molar-refractivity contribution in [3.05, 3.63) is 29.8 Å². The Bertz CT molecular complexity index is 583.